The molecule has 2 aliphatic carbocycles. The van der Waals surface area contributed by atoms with Gasteiger partial charge in [-0.25, -0.2) is 0 Å². The van der Waals surface area contributed by atoms with Crippen LogP contribution in [0.3, 0.4) is 0 Å². The van der Waals surface area contributed by atoms with Crippen LogP contribution in [0.4, 0.5) is 0 Å². The summed E-state index contributed by atoms with van der Waals surface area (Å²) < 4.78 is 0. The van der Waals surface area contributed by atoms with E-state index in [0.29, 0.717) is 68.7 Å². The molecule has 0 atom stereocenters. The van der Waals surface area contributed by atoms with Crippen molar-refractivity contribution in [1.82, 2.24) is 5.32 Å². The standard InChI is InChI=1S/C30H19NO4/c32-27-19-9-1-3-11-21(19)29(34)25-17(7-5-13-23(25)27)15-31-16-18-8-6-14-24-26(18)30(35)22-12-4-2-10-20(22)28(24)33/h1-14,31H,15-16H2. The smallest absolute Gasteiger partial charge is 0.194 e. The van der Waals surface area contributed by atoms with Crippen molar-refractivity contribution in [3.63, 3.8) is 0 Å². The minimum absolute atomic E-state index is 0.156. The van der Waals surface area contributed by atoms with Gasteiger partial charge in [0.1, 0.15) is 0 Å². The van der Waals surface area contributed by atoms with Crippen molar-refractivity contribution in [2.45, 2.75) is 13.1 Å². The van der Waals surface area contributed by atoms with Crippen molar-refractivity contribution < 1.29 is 19.2 Å². The lowest BCUT2D eigenvalue weighted by atomic mass is 9.81. The van der Waals surface area contributed by atoms with E-state index in [9.17, 15) is 19.2 Å². The van der Waals surface area contributed by atoms with Gasteiger partial charge in [0.25, 0.3) is 0 Å². The Morgan fingerprint density at radius 3 is 1.14 bits per heavy atom. The van der Waals surface area contributed by atoms with Crippen LogP contribution in [0.15, 0.2) is 84.9 Å². The number of nitrogens with one attached hydrogen (secondary N) is 1. The third-order valence-corrected chi connectivity index (χ3v) is 6.71. The van der Waals surface area contributed by atoms with Crippen LogP contribution in [0.2, 0.25) is 0 Å². The lowest BCUT2D eigenvalue weighted by Crippen LogP contribution is -2.26. The zero-order chi connectivity index (χ0) is 24.1. The van der Waals surface area contributed by atoms with Gasteiger partial charge in [0.15, 0.2) is 23.1 Å². The zero-order valence-electron chi connectivity index (χ0n) is 18.6. The van der Waals surface area contributed by atoms with Crippen LogP contribution < -0.4 is 5.32 Å². The first-order valence-corrected chi connectivity index (χ1v) is 11.4. The first kappa shape index (κ1) is 21.1. The SMILES string of the molecule is O=C1c2ccccc2C(=O)c2c(CNCc3cccc4c3C(=O)c3ccccc3C4=O)cccc21. The Morgan fingerprint density at radius 1 is 0.400 bits per heavy atom. The molecule has 0 saturated carbocycles. The summed E-state index contributed by atoms with van der Waals surface area (Å²) in [5, 5.41) is 3.31. The summed E-state index contributed by atoms with van der Waals surface area (Å²) in [6, 6.07) is 24.3. The highest BCUT2D eigenvalue weighted by Gasteiger charge is 2.32. The van der Waals surface area contributed by atoms with Crippen molar-refractivity contribution in [1.29, 1.82) is 0 Å². The normalized spacial score (nSPS) is 13.7. The first-order chi connectivity index (χ1) is 17.1. The third kappa shape index (κ3) is 3.21. The molecule has 2 aliphatic rings. The fourth-order valence-electron chi connectivity index (χ4n) is 5.06. The van der Waals surface area contributed by atoms with Gasteiger partial charge >= 0.3 is 0 Å². The molecule has 0 aliphatic heterocycles. The maximum absolute atomic E-state index is 13.2. The predicted octanol–water partition coefficient (Wildman–Crippen LogP) is 4.53. The molecule has 0 spiro atoms. The molecule has 0 radical (unpaired) electrons. The lowest BCUT2D eigenvalue weighted by molar-refractivity contribution is 0.0978. The van der Waals surface area contributed by atoms with E-state index in [1.54, 1.807) is 72.8 Å². The van der Waals surface area contributed by atoms with Crippen LogP contribution in [0.5, 0.6) is 0 Å². The van der Waals surface area contributed by atoms with Gasteiger partial charge in [0.05, 0.1) is 0 Å². The van der Waals surface area contributed by atoms with Gasteiger partial charge < -0.3 is 5.32 Å². The Balaban J connectivity index is 1.29. The second kappa shape index (κ2) is 8.08. The van der Waals surface area contributed by atoms with Gasteiger partial charge in [-0.15, -0.1) is 0 Å². The minimum atomic E-state index is -0.165. The summed E-state index contributed by atoms with van der Waals surface area (Å²) in [4.78, 5) is 52.4. The molecule has 0 fully saturated rings. The predicted molar refractivity (Wildman–Crippen MR) is 130 cm³/mol. The quantitative estimate of drug-likeness (QED) is 0.421. The van der Waals surface area contributed by atoms with E-state index in [-0.39, 0.29) is 23.1 Å². The zero-order valence-corrected chi connectivity index (χ0v) is 18.6. The third-order valence-electron chi connectivity index (χ3n) is 6.71. The van der Waals surface area contributed by atoms with Crippen LogP contribution in [-0.2, 0) is 13.1 Å². The molecule has 168 valence electrons. The Hall–Kier alpha value is -4.48. The van der Waals surface area contributed by atoms with E-state index in [1.165, 1.54) is 0 Å². The molecular formula is C30H19NO4. The average Bonchev–Trinajstić information content (AvgIpc) is 2.90. The highest BCUT2D eigenvalue weighted by Crippen LogP contribution is 2.31. The van der Waals surface area contributed by atoms with E-state index < -0.39 is 0 Å². The molecule has 0 saturated heterocycles. The molecule has 5 nitrogen and oxygen atoms in total. The summed E-state index contributed by atoms with van der Waals surface area (Å²) in [6.45, 7) is 0.652. The lowest BCUT2D eigenvalue weighted by Gasteiger charge is -2.21. The largest absolute Gasteiger partial charge is 0.309 e. The molecule has 0 heterocycles. The first-order valence-electron chi connectivity index (χ1n) is 11.4. The Labute approximate surface area is 201 Å². The van der Waals surface area contributed by atoms with E-state index in [0.717, 1.165) is 0 Å². The fourth-order valence-corrected chi connectivity index (χ4v) is 5.06. The van der Waals surface area contributed by atoms with Gasteiger partial charge in [-0.1, -0.05) is 84.9 Å². The summed E-state index contributed by atoms with van der Waals surface area (Å²) in [5.41, 5.74) is 4.75. The second-order valence-corrected chi connectivity index (χ2v) is 8.69. The molecule has 0 unspecified atom stereocenters. The van der Waals surface area contributed by atoms with Gasteiger partial charge in [-0.05, 0) is 11.1 Å². The topological polar surface area (TPSA) is 80.3 Å². The minimum Gasteiger partial charge on any atom is -0.309 e. The van der Waals surface area contributed by atoms with Crippen molar-refractivity contribution in [3.05, 3.63) is 141 Å². The molecule has 0 aromatic heterocycles. The Morgan fingerprint density at radius 2 is 0.743 bits per heavy atom. The van der Waals surface area contributed by atoms with Crippen molar-refractivity contribution in [3.8, 4) is 0 Å². The molecule has 1 N–H and O–H groups in total. The van der Waals surface area contributed by atoms with E-state index >= 15 is 0 Å². The van der Waals surface area contributed by atoms with Crippen molar-refractivity contribution in [2.24, 2.45) is 0 Å². The molecule has 35 heavy (non-hydrogen) atoms. The van der Waals surface area contributed by atoms with Crippen LogP contribution in [0, 0.1) is 0 Å². The monoisotopic (exact) mass is 457 g/mol. The number of hydrogen-bond donors (Lipinski definition) is 1. The molecule has 4 aromatic rings. The van der Waals surface area contributed by atoms with Crippen LogP contribution >= 0.6 is 0 Å². The number of rotatable bonds is 4. The molecule has 0 bridgehead atoms. The molecular weight excluding hydrogens is 438 g/mol. The fraction of sp³-hybridized carbons (Fsp3) is 0.0667. The molecule has 6 rings (SSSR count). The average molecular weight is 457 g/mol. The Kier molecular flexibility index (Phi) is 4.87. The number of ketones is 4. The van der Waals surface area contributed by atoms with Crippen molar-refractivity contribution >= 4 is 23.1 Å². The summed E-state index contributed by atoms with van der Waals surface area (Å²) in [6.07, 6.45) is 0. The van der Waals surface area contributed by atoms with Crippen LogP contribution in [0.25, 0.3) is 0 Å². The van der Waals surface area contributed by atoms with E-state index in [1.807, 2.05) is 12.1 Å². The van der Waals surface area contributed by atoms with Crippen molar-refractivity contribution in [2.75, 3.05) is 0 Å². The summed E-state index contributed by atoms with van der Waals surface area (Å²) >= 11 is 0. The second-order valence-electron chi connectivity index (χ2n) is 8.69. The number of hydrogen-bond acceptors (Lipinski definition) is 5. The van der Waals surface area contributed by atoms with Gasteiger partial charge in [0, 0.05) is 57.6 Å². The highest BCUT2D eigenvalue weighted by atomic mass is 16.1. The van der Waals surface area contributed by atoms with E-state index in [2.05, 4.69) is 5.32 Å². The van der Waals surface area contributed by atoms with Gasteiger partial charge in [-0.3, -0.25) is 19.2 Å². The maximum Gasteiger partial charge on any atom is 0.194 e. The molecule has 0 amide bonds. The van der Waals surface area contributed by atoms with Gasteiger partial charge in [-0.2, -0.15) is 0 Å². The van der Waals surface area contributed by atoms with E-state index in [4.69, 9.17) is 0 Å². The van der Waals surface area contributed by atoms with Gasteiger partial charge in [0.2, 0.25) is 0 Å². The number of benzene rings is 4. The number of fused-ring (bicyclic) bond motifs is 4. The molecule has 5 heteroatoms. The molecule has 4 aromatic carbocycles. The van der Waals surface area contributed by atoms with Crippen LogP contribution in [0.1, 0.15) is 74.8 Å². The van der Waals surface area contributed by atoms with Crippen LogP contribution in [-0.4, -0.2) is 23.1 Å². The highest BCUT2D eigenvalue weighted by molar-refractivity contribution is 6.29. The summed E-state index contributed by atoms with van der Waals surface area (Å²) in [5.74, 6) is -0.641. The number of carbonyl (C=O) groups excluding carboxylic acids is 4. The number of carbonyl (C=O) groups is 4. The Bertz CT molecular complexity index is 1480. The summed E-state index contributed by atoms with van der Waals surface area (Å²) in [7, 11) is 0. The maximum atomic E-state index is 13.2.